The summed E-state index contributed by atoms with van der Waals surface area (Å²) in [5.41, 5.74) is 7.06. The number of carbonyl (C=O) groups excluding carboxylic acids is 1. The van der Waals surface area contributed by atoms with E-state index in [1.807, 2.05) is 0 Å². The number of anilines is 1. The maximum absolute atomic E-state index is 11.6. The minimum atomic E-state index is -3.22. The summed E-state index contributed by atoms with van der Waals surface area (Å²) in [6.07, 6.45) is 4.16. The molecule has 1 amide bonds. The van der Waals surface area contributed by atoms with E-state index in [-0.39, 0.29) is 12.5 Å². The number of hydrogen-bond donors (Lipinski definition) is 2. The van der Waals surface area contributed by atoms with Crippen molar-refractivity contribution in [1.82, 2.24) is 5.32 Å². The van der Waals surface area contributed by atoms with Crippen LogP contribution in [0.5, 0.6) is 0 Å². The third-order valence-electron chi connectivity index (χ3n) is 3.06. The average molecular weight is 296 g/mol. The predicted octanol–water partition coefficient (Wildman–Crippen LogP) is 1.22. The maximum atomic E-state index is 11.6. The molecule has 1 aromatic carbocycles. The van der Waals surface area contributed by atoms with Crippen molar-refractivity contribution in [3.05, 3.63) is 35.9 Å². The van der Waals surface area contributed by atoms with E-state index in [9.17, 15) is 13.2 Å². The number of nitrogens with two attached hydrogens (primary N) is 1. The smallest absolute Gasteiger partial charge is 0.244 e. The Morgan fingerprint density at radius 3 is 2.35 bits per heavy atom. The summed E-state index contributed by atoms with van der Waals surface area (Å²) in [5, 5.41) is 2.58. The number of nitrogens with one attached hydrogen (secondary N) is 1. The molecule has 0 bridgehead atoms. The minimum Gasteiger partial charge on any atom is -0.399 e. The number of carbonyl (C=O) groups is 1. The summed E-state index contributed by atoms with van der Waals surface area (Å²) < 4.78 is 22.0. The molecule has 6 heteroatoms. The van der Waals surface area contributed by atoms with Crippen molar-refractivity contribution in [1.29, 1.82) is 0 Å². The summed E-state index contributed by atoms with van der Waals surface area (Å²) in [7, 11) is -3.22. The second-order valence-corrected chi connectivity index (χ2v) is 7.90. The van der Waals surface area contributed by atoms with E-state index >= 15 is 0 Å². The molecule has 0 aliphatic carbocycles. The topological polar surface area (TPSA) is 89.3 Å². The van der Waals surface area contributed by atoms with E-state index in [4.69, 9.17) is 5.73 Å². The lowest BCUT2D eigenvalue weighted by Crippen LogP contribution is -2.43. The van der Waals surface area contributed by atoms with Gasteiger partial charge in [0.25, 0.3) is 0 Å². The van der Waals surface area contributed by atoms with Crippen LogP contribution in [0.2, 0.25) is 0 Å². The minimum absolute atomic E-state index is 0.0662. The molecule has 0 unspecified atom stereocenters. The molecule has 3 N–H and O–H groups in total. The van der Waals surface area contributed by atoms with Gasteiger partial charge in [-0.05, 0) is 37.6 Å². The molecule has 0 radical (unpaired) electrons. The SMILES string of the molecule is CC(C)(CNC(=O)/C=C/c1ccc(N)cc1)S(C)(=O)=O. The van der Waals surface area contributed by atoms with Gasteiger partial charge in [-0.15, -0.1) is 0 Å². The molecule has 0 saturated carbocycles. The van der Waals surface area contributed by atoms with Gasteiger partial charge < -0.3 is 11.1 Å². The Balaban J connectivity index is 2.59. The van der Waals surface area contributed by atoms with Crippen molar-refractivity contribution >= 4 is 27.5 Å². The molecule has 0 aliphatic rings. The van der Waals surface area contributed by atoms with Crippen LogP contribution in [0.1, 0.15) is 19.4 Å². The van der Waals surface area contributed by atoms with Crippen LogP contribution in [0.15, 0.2) is 30.3 Å². The number of benzene rings is 1. The van der Waals surface area contributed by atoms with Crippen molar-refractivity contribution in [3.8, 4) is 0 Å². The Labute approximate surface area is 119 Å². The Hall–Kier alpha value is -1.82. The molecule has 0 atom stereocenters. The van der Waals surface area contributed by atoms with Crippen LogP contribution in [-0.2, 0) is 14.6 Å². The standard InChI is InChI=1S/C14H20N2O3S/c1-14(2,20(3,18)19)10-16-13(17)9-6-11-4-7-12(15)8-5-11/h4-9H,10,15H2,1-3H3,(H,16,17)/b9-6+. The van der Waals surface area contributed by atoms with Gasteiger partial charge in [0.2, 0.25) is 5.91 Å². The molecule has 0 fully saturated rings. The Bertz CT molecular complexity index is 602. The molecule has 0 spiro atoms. The summed E-state index contributed by atoms with van der Waals surface area (Å²) in [4.78, 5) is 11.6. The first-order valence-electron chi connectivity index (χ1n) is 6.13. The lowest BCUT2D eigenvalue weighted by Gasteiger charge is -2.22. The molecule has 1 aromatic rings. The van der Waals surface area contributed by atoms with Crippen LogP contribution in [-0.4, -0.2) is 31.9 Å². The lowest BCUT2D eigenvalue weighted by atomic mass is 10.2. The van der Waals surface area contributed by atoms with Gasteiger partial charge in [-0.2, -0.15) is 0 Å². The zero-order valence-corrected chi connectivity index (χ0v) is 12.7. The van der Waals surface area contributed by atoms with E-state index in [1.165, 1.54) is 6.08 Å². The van der Waals surface area contributed by atoms with E-state index in [2.05, 4.69) is 5.32 Å². The van der Waals surface area contributed by atoms with Crippen LogP contribution in [0, 0.1) is 0 Å². The molecule has 110 valence electrons. The van der Waals surface area contributed by atoms with Gasteiger partial charge >= 0.3 is 0 Å². The van der Waals surface area contributed by atoms with Gasteiger partial charge in [-0.3, -0.25) is 4.79 Å². The lowest BCUT2D eigenvalue weighted by molar-refractivity contribution is -0.116. The molecular formula is C14H20N2O3S. The van der Waals surface area contributed by atoms with Crippen molar-refractivity contribution in [3.63, 3.8) is 0 Å². The normalized spacial score (nSPS) is 12.6. The van der Waals surface area contributed by atoms with Gasteiger partial charge in [-0.1, -0.05) is 12.1 Å². The summed E-state index contributed by atoms with van der Waals surface area (Å²) in [5.74, 6) is -0.335. The molecule has 0 saturated heterocycles. The zero-order chi connectivity index (χ0) is 15.4. The van der Waals surface area contributed by atoms with E-state index in [0.717, 1.165) is 11.8 Å². The van der Waals surface area contributed by atoms with Crippen LogP contribution in [0.4, 0.5) is 5.69 Å². The van der Waals surface area contributed by atoms with Gasteiger partial charge in [0.15, 0.2) is 9.84 Å². The van der Waals surface area contributed by atoms with Crippen LogP contribution in [0.3, 0.4) is 0 Å². The second kappa shape index (κ2) is 6.09. The number of rotatable bonds is 5. The fourth-order valence-corrected chi connectivity index (χ4v) is 1.60. The summed E-state index contributed by atoms with van der Waals surface area (Å²) in [6, 6.07) is 7.06. The highest BCUT2D eigenvalue weighted by molar-refractivity contribution is 7.92. The first kappa shape index (κ1) is 16.2. The number of amides is 1. The van der Waals surface area contributed by atoms with Crippen molar-refractivity contribution in [2.45, 2.75) is 18.6 Å². The quantitative estimate of drug-likeness (QED) is 0.631. The number of hydrogen-bond acceptors (Lipinski definition) is 4. The third-order valence-corrected chi connectivity index (χ3v) is 5.21. The highest BCUT2D eigenvalue weighted by Crippen LogP contribution is 2.13. The van der Waals surface area contributed by atoms with E-state index in [1.54, 1.807) is 44.2 Å². The van der Waals surface area contributed by atoms with Gasteiger partial charge in [0.05, 0.1) is 4.75 Å². The molecule has 0 aromatic heterocycles. The summed E-state index contributed by atoms with van der Waals surface area (Å²) in [6.45, 7) is 3.22. The van der Waals surface area contributed by atoms with Crippen LogP contribution in [0.25, 0.3) is 6.08 Å². The molecular weight excluding hydrogens is 276 g/mol. The van der Waals surface area contributed by atoms with E-state index < -0.39 is 14.6 Å². The van der Waals surface area contributed by atoms with Gasteiger partial charge in [-0.25, -0.2) is 8.42 Å². The molecule has 5 nitrogen and oxygen atoms in total. The molecule has 1 rings (SSSR count). The average Bonchev–Trinajstić information content (AvgIpc) is 2.34. The molecule has 0 aliphatic heterocycles. The van der Waals surface area contributed by atoms with Gasteiger partial charge in [0, 0.05) is 24.6 Å². The number of nitrogen functional groups attached to an aromatic ring is 1. The first-order chi connectivity index (χ1) is 9.12. The fraction of sp³-hybridized carbons (Fsp3) is 0.357. The maximum Gasteiger partial charge on any atom is 0.244 e. The Morgan fingerprint density at radius 2 is 1.85 bits per heavy atom. The Morgan fingerprint density at radius 1 is 1.30 bits per heavy atom. The zero-order valence-electron chi connectivity index (χ0n) is 11.9. The Kier molecular flexibility index (Phi) is 4.94. The highest BCUT2D eigenvalue weighted by atomic mass is 32.2. The molecule has 0 heterocycles. The first-order valence-corrected chi connectivity index (χ1v) is 8.02. The predicted molar refractivity (Wildman–Crippen MR) is 81.8 cm³/mol. The third kappa shape index (κ3) is 4.70. The highest BCUT2D eigenvalue weighted by Gasteiger charge is 2.30. The fourth-order valence-electron chi connectivity index (χ4n) is 1.27. The van der Waals surface area contributed by atoms with Crippen LogP contribution < -0.4 is 11.1 Å². The van der Waals surface area contributed by atoms with Crippen molar-refractivity contribution < 1.29 is 13.2 Å². The second-order valence-electron chi connectivity index (χ2n) is 5.25. The van der Waals surface area contributed by atoms with Crippen molar-refractivity contribution in [2.24, 2.45) is 0 Å². The van der Waals surface area contributed by atoms with E-state index in [0.29, 0.717) is 5.69 Å². The number of sulfone groups is 1. The molecule has 20 heavy (non-hydrogen) atoms. The monoisotopic (exact) mass is 296 g/mol. The van der Waals surface area contributed by atoms with Crippen molar-refractivity contribution in [2.75, 3.05) is 18.5 Å². The largest absolute Gasteiger partial charge is 0.399 e. The summed E-state index contributed by atoms with van der Waals surface area (Å²) >= 11 is 0. The van der Waals surface area contributed by atoms with Crippen LogP contribution >= 0.6 is 0 Å². The van der Waals surface area contributed by atoms with Gasteiger partial charge in [0.1, 0.15) is 0 Å².